The van der Waals surface area contributed by atoms with Gasteiger partial charge in [0.05, 0.1) is 10.2 Å². The molecular formula is C11H13ClN2OS. The number of hydrogen-bond donors (Lipinski definition) is 1. The highest BCUT2D eigenvalue weighted by atomic mass is 35.5. The predicted molar refractivity (Wildman–Crippen MR) is 68.7 cm³/mol. The van der Waals surface area contributed by atoms with Crippen LogP contribution < -0.4 is 10.1 Å². The Bertz CT molecular complexity index is 488. The molecule has 2 aromatic rings. The van der Waals surface area contributed by atoms with Crippen molar-refractivity contribution in [3.05, 3.63) is 23.7 Å². The van der Waals surface area contributed by atoms with Crippen LogP contribution in [-0.2, 0) is 0 Å². The number of para-hydroxylation sites is 1. The van der Waals surface area contributed by atoms with Crippen LogP contribution in [-0.4, -0.2) is 23.7 Å². The fourth-order valence-corrected chi connectivity index (χ4v) is 2.41. The van der Waals surface area contributed by atoms with E-state index in [1.165, 1.54) is 4.70 Å². The van der Waals surface area contributed by atoms with E-state index in [1.54, 1.807) is 11.3 Å². The number of benzene rings is 1. The first-order valence-electron chi connectivity index (χ1n) is 5.07. The number of rotatable bonds is 2. The van der Waals surface area contributed by atoms with E-state index in [9.17, 15) is 0 Å². The molecule has 1 N–H and O–H groups in total. The molecule has 86 valence electrons. The van der Waals surface area contributed by atoms with E-state index in [4.69, 9.17) is 4.74 Å². The normalized spacial score (nSPS) is 23.6. The van der Waals surface area contributed by atoms with Crippen LogP contribution in [0.15, 0.2) is 23.7 Å². The highest BCUT2D eigenvalue weighted by molar-refractivity contribution is 7.16. The monoisotopic (exact) mass is 256 g/mol. The second kappa shape index (κ2) is 4.57. The molecular weight excluding hydrogens is 244 g/mol. The van der Waals surface area contributed by atoms with Gasteiger partial charge in [0, 0.05) is 12.6 Å². The Kier molecular flexibility index (Phi) is 3.33. The number of fused-ring (bicyclic) bond motifs is 1. The zero-order chi connectivity index (χ0) is 10.3. The van der Waals surface area contributed by atoms with E-state index in [0.29, 0.717) is 6.04 Å². The van der Waals surface area contributed by atoms with Crippen molar-refractivity contribution in [3.63, 3.8) is 0 Å². The van der Waals surface area contributed by atoms with Crippen LogP contribution in [0.5, 0.6) is 5.75 Å². The molecule has 16 heavy (non-hydrogen) atoms. The van der Waals surface area contributed by atoms with E-state index >= 15 is 0 Å². The van der Waals surface area contributed by atoms with Gasteiger partial charge in [-0.15, -0.1) is 23.7 Å². The smallest absolute Gasteiger partial charge is 0.146 e. The molecule has 0 bridgehead atoms. The maximum atomic E-state index is 5.92. The average molecular weight is 257 g/mol. The molecule has 5 heteroatoms. The molecule has 1 aliphatic rings. The van der Waals surface area contributed by atoms with Gasteiger partial charge >= 0.3 is 0 Å². The Balaban J connectivity index is 0.000000963. The van der Waals surface area contributed by atoms with Crippen LogP contribution in [0.25, 0.3) is 10.2 Å². The summed E-state index contributed by atoms with van der Waals surface area (Å²) in [7, 11) is 0. The number of aromatic nitrogens is 1. The molecule has 3 rings (SSSR count). The molecule has 1 aromatic carbocycles. The number of ether oxygens (including phenoxy) is 1. The summed E-state index contributed by atoms with van der Waals surface area (Å²) in [5.74, 6) is 0.909. The van der Waals surface area contributed by atoms with Gasteiger partial charge in [-0.1, -0.05) is 6.07 Å². The molecule has 0 radical (unpaired) electrons. The Labute approximate surface area is 104 Å². The summed E-state index contributed by atoms with van der Waals surface area (Å²) in [4.78, 5) is 4.33. The third kappa shape index (κ3) is 1.88. The van der Waals surface area contributed by atoms with Gasteiger partial charge in [-0.3, -0.25) is 0 Å². The molecule has 0 saturated carbocycles. The maximum absolute atomic E-state index is 5.92. The maximum Gasteiger partial charge on any atom is 0.146 e. The Morgan fingerprint density at radius 2 is 2.38 bits per heavy atom. The van der Waals surface area contributed by atoms with Crippen molar-refractivity contribution >= 4 is 34.0 Å². The molecule has 1 fully saturated rings. The lowest BCUT2D eigenvalue weighted by atomic mass is 10.1. The van der Waals surface area contributed by atoms with Gasteiger partial charge in [0.15, 0.2) is 0 Å². The van der Waals surface area contributed by atoms with Gasteiger partial charge in [-0.05, 0) is 19.1 Å². The standard InChI is InChI=1S/C11H12N2OS.ClH/c1-7-9(5-12-7)14-8-3-2-4-10-11(8)13-6-15-10;/h2-4,6-7,9,12H,5H2,1H3;1H/t7-,9-;/m0./s1. The van der Waals surface area contributed by atoms with Crippen LogP contribution in [0.1, 0.15) is 6.92 Å². The molecule has 2 atom stereocenters. The summed E-state index contributed by atoms with van der Waals surface area (Å²) in [6.07, 6.45) is 0.289. The number of hydrogen-bond acceptors (Lipinski definition) is 4. The van der Waals surface area contributed by atoms with Gasteiger partial charge in [-0.2, -0.15) is 0 Å². The Morgan fingerprint density at radius 1 is 1.50 bits per heavy atom. The first-order valence-corrected chi connectivity index (χ1v) is 5.95. The molecule has 2 heterocycles. The summed E-state index contributed by atoms with van der Waals surface area (Å²) >= 11 is 1.65. The minimum absolute atomic E-state index is 0. The minimum atomic E-state index is 0. The lowest BCUT2D eigenvalue weighted by Crippen LogP contribution is -2.58. The highest BCUT2D eigenvalue weighted by Gasteiger charge is 2.28. The third-order valence-electron chi connectivity index (χ3n) is 2.80. The summed E-state index contributed by atoms with van der Waals surface area (Å²) in [6, 6.07) is 6.53. The fourth-order valence-electron chi connectivity index (χ4n) is 1.71. The van der Waals surface area contributed by atoms with Crippen molar-refractivity contribution in [1.29, 1.82) is 0 Å². The number of nitrogens with zero attached hydrogens (tertiary/aromatic N) is 1. The fraction of sp³-hybridized carbons (Fsp3) is 0.364. The van der Waals surface area contributed by atoms with Crippen LogP contribution in [0.3, 0.4) is 0 Å². The lowest BCUT2D eigenvalue weighted by Gasteiger charge is -2.35. The summed E-state index contributed by atoms with van der Waals surface area (Å²) in [5.41, 5.74) is 2.85. The van der Waals surface area contributed by atoms with Crippen molar-refractivity contribution in [2.24, 2.45) is 0 Å². The molecule has 0 aliphatic carbocycles. The topological polar surface area (TPSA) is 34.1 Å². The number of thiazole rings is 1. The second-order valence-corrected chi connectivity index (χ2v) is 4.69. The molecule has 1 aliphatic heterocycles. The number of nitrogens with one attached hydrogen (secondary N) is 1. The Morgan fingerprint density at radius 3 is 3.06 bits per heavy atom. The zero-order valence-corrected chi connectivity index (χ0v) is 10.5. The van der Waals surface area contributed by atoms with Crippen molar-refractivity contribution in [2.75, 3.05) is 6.54 Å². The van der Waals surface area contributed by atoms with Gasteiger partial charge in [0.25, 0.3) is 0 Å². The minimum Gasteiger partial charge on any atom is -0.485 e. The average Bonchev–Trinajstić information content (AvgIpc) is 2.72. The molecule has 0 amide bonds. The highest BCUT2D eigenvalue weighted by Crippen LogP contribution is 2.28. The first kappa shape index (κ1) is 11.6. The van der Waals surface area contributed by atoms with Crippen LogP contribution in [0.4, 0.5) is 0 Å². The zero-order valence-electron chi connectivity index (χ0n) is 8.84. The molecule has 1 aromatic heterocycles. The Hall–Kier alpha value is -0.840. The van der Waals surface area contributed by atoms with E-state index in [0.717, 1.165) is 17.8 Å². The van der Waals surface area contributed by atoms with E-state index < -0.39 is 0 Å². The van der Waals surface area contributed by atoms with Gasteiger partial charge in [0.2, 0.25) is 0 Å². The van der Waals surface area contributed by atoms with Gasteiger partial charge < -0.3 is 10.1 Å². The van der Waals surface area contributed by atoms with Crippen molar-refractivity contribution in [3.8, 4) is 5.75 Å². The first-order chi connectivity index (χ1) is 7.34. The summed E-state index contributed by atoms with van der Waals surface area (Å²) in [6.45, 7) is 3.07. The second-order valence-electron chi connectivity index (χ2n) is 3.81. The summed E-state index contributed by atoms with van der Waals surface area (Å²) < 4.78 is 7.10. The van der Waals surface area contributed by atoms with Crippen molar-refractivity contribution in [2.45, 2.75) is 19.1 Å². The number of halogens is 1. The van der Waals surface area contributed by atoms with E-state index in [2.05, 4.69) is 23.3 Å². The van der Waals surface area contributed by atoms with Crippen molar-refractivity contribution < 1.29 is 4.74 Å². The third-order valence-corrected chi connectivity index (χ3v) is 3.59. The summed E-state index contributed by atoms with van der Waals surface area (Å²) in [5, 5.41) is 3.28. The van der Waals surface area contributed by atoms with E-state index in [1.807, 2.05) is 17.6 Å². The van der Waals surface area contributed by atoms with Crippen LogP contribution in [0.2, 0.25) is 0 Å². The van der Waals surface area contributed by atoms with Crippen LogP contribution >= 0.6 is 23.7 Å². The van der Waals surface area contributed by atoms with Crippen LogP contribution in [0, 0.1) is 0 Å². The van der Waals surface area contributed by atoms with Gasteiger partial charge in [-0.25, -0.2) is 4.98 Å². The molecule has 0 unspecified atom stereocenters. The molecule has 0 spiro atoms. The lowest BCUT2D eigenvalue weighted by molar-refractivity contribution is 0.0953. The molecule has 1 saturated heterocycles. The quantitative estimate of drug-likeness (QED) is 0.896. The van der Waals surface area contributed by atoms with E-state index in [-0.39, 0.29) is 18.5 Å². The van der Waals surface area contributed by atoms with Gasteiger partial charge in [0.1, 0.15) is 17.4 Å². The largest absolute Gasteiger partial charge is 0.485 e. The predicted octanol–water partition coefficient (Wildman–Crippen LogP) is 2.46. The SMILES string of the molecule is C[C@@H]1NC[C@@H]1Oc1cccc2scnc12.Cl. The van der Waals surface area contributed by atoms with Crippen molar-refractivity contribution in [1.82, 2.24) is 10.3 Å². The molecule has 3 nitrogen and oxygen atoms in total.